The van der Waals surface area contributed by atoms with Gasteiger partial charge in [-0.15, -0.1) is 0 Å². The van der Waals surface area contributed by atoms with Gasteiger partial charge in [-0.05, 0) is 12.1 Å². The van der Waals surface area contributed by atoms with Gasteiger partial charge < -0.3 is 0 Å². The number of hydrogen-bond donors (Lipinski definition) is 0. The zero-order chi connectivity index (χ0) is 13.4. The van der Waals surface area contributed by atoms with Gasteiger partial charge in [0.05, 0.1) is 22.8 Å². The van der Waals surface area contributed by atoms with E-state index < -0.39 is 33.5 Å². The van der Waals surface area contributed by atoms with E-state index in [-0.39, 0.29) is 12.1 Å². The molecule has 0 N–H and O–H groups in total. The highest BCUT2D eigenvalue weighted by Crippen LogP contribution is 2.40. The Hall–Kier alpha value is -1.23. The Morgan fingerprint density at radius 2 is 1.41 bits per heavy atom. The molecular formula is C9H2BrF6N. The van der Waals surface area contributed by atoms with Crippen LogP contribution in [0, 0.1) is 11.3 Å². The second kappa shape index (κ2) is 4.22. The quantitative estimate of drug-likeness (QED) is 0.652. The van der Waals surface area contributed by atoms with Crippen molar-refractivity contribution >= 4 is 15.9 Å². The summed E-state index contributed by atoms with van der Waals surface area (Å²) in [5.74, 6) is 0. The smallest absolute Gasteiger partial charge is 0.192 e. The molecule has 1 aromatic rings. The van der Waals surface area contributed by atoms with E-state index in [4.69, 9.17) is 5.26 Å². The lowest BCUT2D eigenvalue weighted by atomic mass is 10.0. The van der Waals surface area contributed by atoms with E-state index >= 15 is 0 Å². The van der Waals surface area contributed by atoms with Crippen LogP contribution in [0.3, 0.4) is 0 Å². The lowest BCUT2D eigenvalue weighted by Crippen LogP contribution is -2.12. The van der Waals surface area contributed by atoms with E-state index in [2.05, 4.69) is 15.9 Å². The molecule has 0 spiro atoms. The minimum absolute atomic E-state index is 0.174. The number of hydrogen-bond acceptors (Lipinski definition) is 1. The van der Waals surface area contributed by atoms with Crippen LogP contribution in [0.2, 0.25) is 0 Å². The number of alkyl halides is 6. The fourth-order valence-electron chi connectivity index (χ4n) is 1.12. The summed E-state index contributed by atoms with van der Waals surface area (Å²) < 4.78 is 73.5. The van der Waals surface area contributed by atoms with Crippen LogP contribution in [0.5, 0.6) is 0 Å². The van der Waals surface area contributed by atoms with Crippen molar-refractivity contribution in [2.45, 2.75) is 12.4 Å². The second-order valence-corrected chi connectivity index (χ2v) is 3.84. The number of nitriles is 1. The van der Waals surface area contributed by atoms with Crippen LogP contribution < -0.4 is 0 Å². The standard InChI is InChI=1S/C9H2BrF6N/c10-7-2-5(8(11,12)13)4(3-17)1-6(7)9(14,15)16/h1-2H. The molecule has 0 aliphatic rings. The summed E-state index contributed by atoms with van der Waals surface area (Å²) in [5, 5.41) is 8.43. The zero-order valence-corrected chi connectivity index (χ0v) is 9.33. The number of benzene rings is 1. The summed E-state index contributed by atoms with van der Waals surface area (Å²) in [4.78, 5) is 0. The molecule has 0 unspecified atom stereocenters. The molecular weight excluding hydrogens is 316 g/mol. The summed E-state index contributed by atoms with van der Waals surface area (Å²) >= 11 is 2.41. The molecule has 92 valence electrons. The van der Waals surface area contributed by atoms with Gasteiger partial charge in [0.25, 0.3) is 0 Å². The van der Waals surface area contributed by atoms with Crippen molar-refractivity contribution in [3.63, 3.8) is 0 Å². The highest BCUT2D eigenvalue weighted by atomic mass is 79.9. The zero-order valence-electron chi connectivity index (χ0n) is 7.75. The maximum atomic E-state index is 12.4. The van der Waals surface area contributed by atoms with Crippen molar-refractivity contribution in [2.24, 2.45) is 0 Å². The van der Waals surface area contributed by atoms with Gasteiger partial charge in [-0.3, -0.25) is 0 Å². The third kappa shape index (κ3) is 2.91. The Morgan fingerprint density at radius 1 is 0.941 bits per heavy atom. The molecule has 0 aromatic heterocycles. The molecule has 0 saturated heterocycles. The summed E-state index contributed by atoms with van der Waals surface area (Å²) in [5.41, 5.74) is -3.78. The average molecular weight is 318 g/mol. The van der Waals surface area contributed by atoms with Gasteiger partial charge in [-0.25, -0.2) is 0 Å². The fraction of sp³-hybridized carbons (Fsp3) is 0.222. The number of rotatable bonds is 0. The number of halogens is 7. The molecule has 0 fully saturated rings. The minimum Gasteiger partial charge on any atom is -0.192 e. The summed E-state index contributed by atoms with van der Waals surface area (Å²) in [6.07, 6.45) is -9.70. The Kier molecular flexibility index (Phi) is 3.43. The molecule has 0 aliphatic carbocycles. The lowest BCUT2D eigenvalue weighted by Gasteiger charge is -2.14. The molecule has 0 amide bonds. The Bertz CT molecular complexity index is 482. The number of nitrogens with zero attached hydrogens (tertiary/aromatic N) is 1. The van der Waals surface area contributed by atoms with Crippen LogP contribution in [0.1, 0.15) is 16.7 Å². The predicted octanol–water partition coefficient (Wildman–Crippen LogP) is 4.36. The van der Waals surface area contributed by atoms with Crippen LogP contribution in [0.4, 0.5) is 26.3 Å². The molecule has 1 rings (SSSR count). The van der Waals surface area contributed by atoms with Crippen molar-refractivity contribution in [1.82, 2.24) is 0 Å². The topological polar surface area (TPSA) is 23.8 Å². The van der Waals surface area contributed by atoms with Gasteiger partial charge >= 0.3 is 12.4 Å². The molecule has 0 atom stereocenters. The SMILES string of the molecule is N#Cc1cc(C(F)(F)F)c(Br)cc1C(F)(F)F. The lowest BCUT2D eigenvalue weighted by molar-refractivity contribution is -0.142. The molecule has 17 heavy (non-hydrogen) atoms. The molecule has 1 nitrogen and oxygen atoms in total. The van der Waals surface area contributed by atoms with Crippen LogP contribution in [0.15, 0.2) is 16.6 Å². The molecule has 8 heteroatoms. The maximum Gasteiger partial charge on any atom is 0.417 e. The summed E-state index contributed by atoms with van der Waals surface area (Å²) in [6, 6.07) is 1.53. The van der Waals surface area contributed by atoms with Crippen LogP contribution in [-0.4, -0.2) is 0 Å². The normalized spacial score (nSPS) is 12.4. The highest BCUT2D eigenvalue weighted by Gasteiger charge is 2.39. The van der Waals surface area contributed by atoms with Crippen molar-refractivity contribution in [3.05, 3.63) is 33.3 Å². The van der Waals surface area contributed by atoms with Crippen LogP contribution in [0.25, 0.3) is 0 Å². The van der Waals surface area contributed by atoms with Crippen molar-refractivity contribution in [3.8, 4) is 6.07 Å². The fourth-order valence-corrected chi connectivity index (χ4v) is 1.69. The second-order valence-electron chi connectivity index (χ2n) is 2.98. The monoisotopic (exact) mass is 317 g/mol. The van der Waals surface area contributed by atoms with Gasteiger partial charge in [0.15, 0.2) is 0 Å². The largest absolute Gasteiger partial charge is 0.417 e. The predicted molar refractivity (Wildman–Crippen MR) is 48.9 cm³/mol. The van der Waals surface area contributed by atoms with Crippen LogP contribution in [-0.2, 0) is 12.4 Å². The first kappa shape index (κ1) is 13.8. The molecule has 0 heterocycles. The third-order valence-electron chi connectivity index (χ3n) is 1.84. The van der Waals surface area contributed by atoms with Gasteiger partial charge in [0, 0.05) is 4.47 Å². The van der Waals surface area contributed by atoms with Crippen molar-refractivity contribution < 1.29 is 26.3 Å². The van der Waals surface area contributed by atoms with Crippen molar-refractivity contribution in [1.29, 1.82) is 5.26 Å². The third-order valence-corrected chi connectivity index (χ3v) is 2.49. The Morgan fingerprint density at radius 3 is 1.76 bits per heavy atom. The summed E-state index contributed by atoms with van der Waals surface area (Å²) in [7, 11) is 0. The minimum atomic E-state index is -4.88. The van der Waals surface area contributed by atoms with E-state index in [1.165, 1.54) is 0 Å². The van der Waals surface area contributed by atoms with E-state index in [0.29, 0.717) is 0 Å². The van der Waals surface area contributed by atoms with Gasteiger partial charge in [0.2, 0.25) is 0 Å². The Labute approximate surface area is 99.8 Å². The van der Waals surface area contributed by atoms with E-state index in [1.54, 1.807) is 0 Å². The maximum absolute atomic E-state index is 12.4. The Balaban J connectivity index is 3.53. The molecule has 0 aliphatic heterocycles. The van der Waals surface area contributed by atoms with E-state index in [9.17, 15) is 26.3 Å². The first-order chi connectivity index (χ1) is 7.57. The molecule has 1 aromatic carbocycles. The first-order valence-corrected chi connectivity index (χ1v) is 4.74. The van der Waals surface area contributed by atoms with Gasteiger partial charge in [-0.1, -0.05) is 15.9 Å². The summed E-state index contributed by atoms with van der Waals surface area (Å²) in [6.45, 7) is 0. The van der Waals surface area contributed by atoms with Gasteiger partial charge in [-0.2, -0.15) is 31.6 Å². The molecule has 0 bridgehead atoms. The average Bonchev–Trinajstić information content (AvgIpc) is 2.14. The van der Waals surface area contributed by atoms with Crippen LogP contribution >= 0.6 is 15.9 Å². The highest BCUT2D eigenvalue weighted by molar-refractivity contribution is 9.10. The van der Waals surface area contributed by atoms with E-state index in [0.717, 1.165) is 6.07 Å². The van der Waals surface area contributed by atoms with E-state index in [1.807, 2.05) is 0 Å². The molecule has 0 saturated carbocycles. The van der Waals surface area contributed by atoms with Gasteiger partial charge in [0.1, 0.15) is 0 Å². The van der Waals surface area contributed by atoms with Crippen molar-refractivity contribution in [2.75, 3.05) is 0 Å². The first-order valence-electron chi connectivity index (χ1n) is 3.95. The molecule has 0 radical (unpaired) electrons.